The lowest BCUT2D eigenvalue weighted by molar-refractivity contribution is 0.0500. The molecule has 1 aromatic heterocycles. The van der Waals surface area contributed by atoms with Crippen molar-refractivity contribution in [1.82, 2.24) is 4.98 Å². The maximum atomic E-state index is 12.0. The summed E-state index contributed by atoms with van der Waals surface area (Å²) in [6.07, 6.45) is 1.61. The van der Waals surface area contributed by atoms with Crippen LogP contribution >= 0.6 is 11.8 Å². The van der Waals surface area contributed by atoms with E-state index in [0.717, 1.165) is 35.7 Å². The molecular formula is C19H23NO2S. The largest absolute Gasteiger partial charge is 0.462 e. The zero-order valence-electron chi connectivity index (χ0n) is 13.7. The van der Waals surface area contributed by atoms with Gasteiger partial charge in [-0.2, -0.15) is 11.8 Å². The lowest BCUT2D eigenvalue weighted by Gasteiger charge is -2.06. The van der Waals surface area contributed by atoms with Gasteiger partial charge in [-0.3, -0.25) is 4.98 Å². The van der Waals surface area contributed by atoms with Crippen molar-refractivity contribution in [3.63, 3.8) is 0 Å². The molecule has 0 unspecified atom stereocenters. The van der Waals surface area contributed by atoms with Gasteiger partial charge in [0.15, 0.2) is 0 Å². The molecule has 0 aliphatic heterocycles. The first-order chi connectivity index (χ1) is 11.2. The molecular weight excluding hydrogens is 306 g/mol. The zero-order valence-corrected chi connectivity index (χ0v) is 14.6. The van der Waals surface area contributed by atoms with E-state index < -0.39 is 0 Å². The summed E-state index contributed by atoms with van der Waals surface area (Å²) in [6, 6.07) is 13.7. The van der Waals surface area contributed by atoms with Crippen molar-refractivity contribution < 1.29 is 9.53 Å². The summed E-state index contributed by atoms with van der Waals surface area (Å²) in [6.45, 7) is 4.54. The molecule has 0 bridgehead atoms. The minimum absolute atomic E-state index is 0.253. The zero-order chi connectivity index (χ0) is 16.5. The molecule has 0 aliphatic rings. The first-order valence-electron chi connectivity index (χ1n) is 7.95. The fourth-order valence-electron chi connectivity index (χ4n) is 2.20. The van der Waals surface area contributed by atoms with Gasteiger partial charge in [0.25, 0.3) is 0 Å². The average Bonchev–Trinajstić information content (AvgIpc) is 2.57. The second kappa shape index (κ2) is 9.36. The standard InChI is InChI=1S/C19H23NO2S/c1-3-23-14-16-9-11-17(12-10-16)19(21)22-13-5-8-18-7-4-6-15(2)20-18/h4,6-7,9-12H,3,5,8,13-14H2,1-2H3. The van der Waals surface area contributed by atoms with Crippen molar-refractivity contribution in [2.75, 3.05) is 12.4 Å². The molecule has 1 heterocycles. The van der Waals surface area contributed by atoms with Gasteiger partial charge in [0, 0.05) is 17.1 Å². The SMILES string of the molecule is CCSCc1ccc(C(=O)OCCCc2cccc(C)n2)cc1. The van der Waals surface area contributed by atoms with Gasteiger partial charge in [0.2, 0.25) is 0 Å². The molecule has 4 heteroatoms. The summed E-state index contributed by atoms with van der Waals surface area (Å²) >= 11 is 1.87. The minimum atomic E-state index is -0.253. The van der Waals surface area contributed by atoms with Crippen LogP contribution in [0, 0.1) is 6.92 Å². The van der Waals surface area contributed by atoms with Crippen molar-refractivity contribution in [3.05, 3.63) is 65.0 Å². The maximum absolute atomic E-state index is 12.0. The summed E-state index contributed by atoms with van der Waals surface area (Å²) < 4.78 is 5.33. The Morgan fingerprint density at radius 3 is 2.65 bits per heavy atom. The lowest BCUT2D eigenvalue weighted by Crippen LogP contribution is -2.07. The molecule has 0 fully saturated rings. The van der Waals surface area contributed by atoms with Gasteiger partial charge >= 0.3 is 5.97 Å². The Bertz CT molecular complexity index is 626. The average molecular weight is 329 g/mol. The number of hydrogen-bond donors (Lipinski definition) is 0. The molecule has 0 N–H and O–H groups in total. The summed E-state index contributed by atoms with van der Waals surface area (Å²) in [5.74, 6) is 1.83. The molecule has 0 radical (unpaired) electrons. The van der Waals surface area contributed by atoms with Crippen LogP contribution in [0.1, 0.15) is 40.7 Å². The topological polar surface area (TPSA) is 39.2 Å². The Morgan fingerprint density at radius 2 is 1.96 bits per heavy atom. The second-order valence-corrected chi connectivity index (χ2v) is 6.62. The fourth-order valence-corrected chi connectivity index (χ4v) is 2.83. The van der Waals surface area contributed by atoms with E-state index >= 15 is 0 Å². The molecule has 0 saturated heterocycles. The monoisotopic (exact) mass is 329 g/mol. The highest BCUT2D eigenvalue weighted by Crippen LogP contribution is 2.13. The van der Waals surface area contributed by atoms with Crippen LogP contribution in [0.15, 0.2) is 42.5 Å². The number of carbonyl (C=O) groups is 1. The quantitative estimate of drug-likeness (QED) is 0.530. The second-order valence-electron chi connectivity index (χ2n) is 5.34. The lowest BCUT2D eigenvalue weighted by atomic mass is 10.1. The van der Waals surface area contributed by atoms with Crippen LogP contribution in [-0.4, -0.2) is 23.3 Å². The highest BCUT2D eigenvalue weighted by atomic mass is 32.2. The Morgan fingerprint density at radius 1 is 1.17 bits per heavy atom. The van der Waals surface area contributed by atoms with E-state index in [9.17, 15) is 4.79 Å². The van der Waals surface area contributed by atoms with Crippen molar-refractivity contribution in [2.45, 2.75) is 32.4 Å². The van der Waals surface area contributed by atoms with Crippen molar-refractivity contribution >= 4 is 17.7 Å². The molecule has 0 spiro atoms. The van der Waals surface area contributed by atoms with E-state index in [1.54, 1.807) is 0 Å². The van der Waals surface area contributed by atoms with Gasteiger partial charge in [-0.15, -0.1) is 0 Å². The van der Waals surface area contributed by atoms with Gasteiger partial charge in [0.05, 0.1) is 12.2 Å². The number of esters is 1. The number of aromatic nitrogens is 1. The van der Waals surface area contributed by atoms with Crippen LogP contribution in [0.3, 0.4) is 0 Å². The molecule has 2 rings (SSSR count). The van der Waals surface area contributed by atoms with Gasteiger partial charge in [-0.25, -0.2) is 4.79 Å². The molecule has 122 valence electrons. The Balaban J connectivity index is 1.74. The van der Waals surface area contributed by atoms with E-state index in [0.29, 0.717) is 12.2 Å². The summed E-state index contributed by atoms with van der Waals surface area (Å²) in [5, 5.41) is 0. The van der Waals surface area contributed by atoms with Crippen LogP contribution < -0.4 is 0 Å². The van der Waals surface area contributed by atoms with Crippen molar-refractivity contribution in [3.8, 4) is 0 Å². The van der Waals surface area contributed by atoms with Gasteiger partial charge in [-0.1, -0.05) is 25.1 Å². The summed E-state index contributed by atoms with van der Waals surface area (Å²) in [4.78, 5) is 16.4. The van der Waals surface area contributed by atoms with E-state index in [4.69, 9.17) is 4.74 Å². The van der Waals surface area contributed by atoms with Gasteiger partial charge < -0.3 is 4.74 Å². The smallest absolute Gasteiger partial charge is 0.338 e. The first kappa shape index (κ1) is 17.5. The third-order valence-electron chi connectivity index (χ3n) is 3.42. The van der Waals surface area contributed by atoms with Gasteiger partial charge in [0.1, 0.15) is 0 Å². The van der Waals surface area contributed by atoms with Crippen LogP contribution in [0.25, 0.3) is 0 Å². The Labute approximate surface area is 142 Å². The Hall–Kier alpha value is -1.81. The molecule has 23 heavy (non-hydrogen) atoms. The number of carbonyl (C=O) groups excluding carboxylic acids is 1. The number of pyridine rings is 1. The van der Waals surface area contributed by atoms with Crippen molar-refractivity contribution in [2.24, 2.45) is 0 Å². The predicted molar refractivity (Wildman–Crippen MR) is 95.9 cm³/mol. The summed E-state index contributed by atoms with van der Waals surface area (Å²) in [5.41, 5.74) is 3.91. The molecule has 2 aromatic rings. The van der Waals surface area contributed by atoms with Crippen LogP contribution in [-0.2, 0) is 16.9 Å². The molecule has 1 aromatic carbocycles. The molecule has 0 atom stereocenters. The maximum Gasteiger partial charge on any atom is 0.338 e. The highest BCUT2D eigenvalue weighted by Gasteiger charge is 2.07. The molecule has 0 saturated carbocycles. The van der Waals surface area contributed by atoms with Crippen molar-refractivity contribution in [1.29, 1.82) is 0 Å². The Kier molecular flexibility index (Phi) is 7.14. The number of rotatable bonds is 8. The molecule has 3 nitrogen and oxygen atoms in total. The first-order valence-corrected chi connectivity index (χ1v) is 9.11. The number of aryl methyl sites for hydroxylation is 2. The van der Waals surface area contributed by atoms with E-state index in [2.05, 4.69) is 11.9 Å². The fraction of sp³-hybridized carbons (Fsp3) is 0.368. The highest BCUT2D eigenvalue weighted by molar-refractivity contribution is 7.98. The predicted octanol–water partition coefficient (Wildman–Crippen LogP) is 4.43. The van der Waals surface area contributed by atoms with E-state index in [-0.39, 0.29) is 5.97 Å². The molecule has 0 amide bonds. The number of ether oxygens (including phenoxy) is 1. The summed E-state index contributed by atoms with van der Waals surface area (Å²) in [7, 11) is 0. The number of hydrogen-bond acceptors (Lipinski definition) is 4. The minimum Gasteiger partial charge on any atom is -0.462 e. The normalized spacial score (nSPS) is 10.5. The molecule has 0 aliphatic carbocycles. The number of benzene rings is 1. The van der Waals surface area contributed by atoms with Crippen LogP contribution in [0.2, 0.25) is 0 Å². The van der Waals surface area contributed by atoms with E-state index in [1.165, 1.54) is 5.56 Å². The third-order valence-corrected chi connectivity index (χ3v) is 4.36. The van der Waals surface area contributed by atoms with E-state index in [1.807, 2.05) is 61.2 Å². The van der Waals surface area contributed by atoms with Crippen LogP contribution in [0.4, 0.5) is 0 Å². The number of nitrogens with zero attached hydrogens (tertiary/aromatic N) is 1. The van der Waals surface area contributed by atoms with Gasteiger partial charge in [-0.05, 0) is 55.3 Å². The number of thioether (sulfide) groups is 1. The van der Waals surface area contributed by atoms with Crippen LogP contribution in [0.5, 0.6) is 0 Å². The third kappa shape index (κ3) is 6.06.